The van der Waals surface area contributed by atoms with Crippen LogP contribution in [0, 0.1) is 18.8 Å². The van der Waals surface area contributed by atoms with E-state index in [0.29, 0.717) is 0 Å². The Morgan fingerprint density at radius 1 is 0.700 bits per heavy atom. The Morgan fingerprint density at radius 3 is 1.70 bits per heavy atom. The molecule has 20 heavy (non-hydrogen) atoms. The Hall–Kier alpha value is -1.56. The predicted molar refractivity (Wildman–Crippen MR) is 86.6 cm³/mol. The second kappa shape index (κ2) is 5.83. The third kappa shape index (κ3) is 2.95. The Bertz CT molecular complexity index is 540. The molecule has 0 N–H and O–H groups in total. The van der Waals surface area contributed by atoms with Gasteiger partial charge in [0, 0.05) is 5.92 Å². The maximum Gasteiger partial charge on any atom is 0.00500 e. The van der Waals surface area contributed by atoms with Crippen molar-refractivity contribution in [3.8, 4) is 11.1 Å². The minimum Gasteiger partial charge on any atom is -0.0625 e. The van der Waals surface area contributed by atoms with Crippen molar-refractivity contribution in [3.63, 3.8) is 0 Å². The van der Waals surface area contributed by atoms with Crippen molar-refractivity contribution < 1.29 is 0 Å². The molecule has 0 saturated heterocycles. The summed E-state index contributed by atoms with van der Waals surface area (Å²) in [4.78, 5) is 0. The first-order valence-corrected chi connectivity index (χ1v) is 7.74. The number of hydrogen-bond acceptors (Lipinski definition) is 0. The molecule has 0 unspecified atom stereocenters. The molecule has 2 aromatic carbocycles. The summed E-state index contributed by atoms with van der Waals surface area (Å²) in [5.41, 5.74) is 5.40. The lowest BCUT2D eigenvalue weighted by atomic mass is 9.79. The van der Waals surface area contributed by atoms with E-state index in [1.807, 2.05) is 0 Å². The first-order chi connectivity index (χ1) is 9.72. The second-order valence-corrected chi connectivity index (χ2v) is 6.23. The van der Waals surface area contributed by atoms with E-state index in [2.05, 4.69) is 62.4 Å². The van der Waals surface area contributed by atoms with E-state index in [9.17, 15) is 0 Å². The van der Waals surface area contributed by atoms with Gasteiger partial charge in [-0.25, -0.2) is 0 Å². The van der Waals surface area contributed by atoms with Crippen molar-refractivity contribution in [3.05, 3.63) is 65.6 Å². The SMILES string of the molecule is Cc1ccc(-c2ccc([C]3CCC(C)CC3)cc2)cc1. The van der Waals surface area contributed by atoms with E-state index in [0.717, 1.165) is 5.92 Å². The van der Waals surface area contributed by atoms with Crippen molar-refractivity contribution >= 4 is 0 Å². The van der Waals surface area contributed by atoms with Crippen molar-refractivity contribution in [2.75, 3.05) is 0 Å². The highest BCUT2D eigenvalue weighted by atomic mass is 14.2. The molecule has 0 heterocycles. The zero-order valence-corrected chi connectivity index (χ0v) is 12.5. The van der Waals surface area contributed by atoms with E-state index < -0.39 is 0 Å². The van der Waals surface area contributed by atoms with E-state index >= 15 is 0 Å². The van der Waals surface area contributed by atoms with Crippen molar-refractivity contribution in [1.29, 1.82) is 0 Å². The summed E-state index contributed by atoms with van der Waals surface area (Å²) in [5, 5.41) is 0. The highest BCUT2D eigenvalue weighted by Gasteiger charge is 2.19. The fraction of sp³-hybridized carbons (Fsp3) is 0.350. The Kier molecular flexibility index (Phi) is 3.91. The summed E-state index contributed by atoms with van der Waals surface area (Å²) >= 11 is 0. The zero-order valence-electron chi connectivity index (χ0n) is 12.5. The average Bonchev–Trinajstić information content (AvgIpc) is 2.49. The molecular formula is C20H23. The average molecular weight is 263 g/mol. The van der Waals surface area contributed by atoms with E-state index in [4.69, 9.17) is 0 Å². The lowest BCUT2D eigenvalue weighted by molar-refractivity contribution is 0.416. The molecular weight excluding hydrogens is 240 g/mol. The van der Waals surface area contributed by atoms with Crippen molar-refractivity contribution in [2.45, 2.75) is 39.5 Å². The fourth-order valence-corrected chi connectivity index (χ4v) is 3.04. The maximum atomic E-state index is 2.37. The largest absolute Gasteiger partial charge is 0.0625 e. The van der Waals surface area contributed by atoms with Gasteiger partial charge in [0.05, 0.1) is 0 Å². The molecule has 103 valence electrons. The van der Waals surface area contributed by atoms with Crippen LogP contribution in [0.2, 0.25) is 0 Å². The molecule has 0 nitrogen and oxygen atoms in total. The third-order valence-corrected chi connectivity index (χ3v) is 4.56. The zero-order chi connectivity index (χ0) is 13.9. The third-order valence-electron chi connectivity index (χ3n) is 4.56. The standard InChI is InChI=1S/C20H23/c1-15-3-7-17(8-4-15)19-11-13-20(14-12-19)18-9-5-16(2)6-10-18/h3-4,7-8,11-14,16H,5-6,9-10H2,1-2H3. The Balaban J connectivity index is 1.76. The first kappa shape index (κ1) is 13.4. The summed E-state index contributed by atoms with van der Waals surface area (Å²) in [6.07, 6.45) is 5.28. The molecule has 0 aromatic heterocycles. The summed E-state index contributed by atoms with van der Waals surface area (Å²) in [5.74, 6) is 2.56. The van der Waals surface area contributed by atoms with E-state index in [1.54, 1.807) is 5.92 Å². The lowest BCUT2D eigenvalue weighted by Crippen LogP contribution is -2.11. The summed E-state index contributed by atoms with van der Waals surface area (Å²) in [7, 11) is 0. The van der Waals surface area contributed by atoms with E-state index in [-0.39, 0.29) is 0 Å². The van der Waals surface area contributed by atoms with Gasteiger partial charge in [0.25, 0.3) is 0 Å². The molecule has 0 heteroatoms. The second-order valence-electron chi connectivity index (χ2n) is 6.23. The number of rotatable bonds is 2. The number of benzene rings is 2. The predicted octanol–water partition coefficient (Wildman–Crippen LogP) is 5.79. The van der Waals surface area contributed by atoms with Crippen LogP contribution in [0.5, 0.6) is 0 Å². The van der Waals surface area contributed by atoms with Crippen LogP contribution in [-0.2, 0) is 0 Å². The van der Waals surface area contributed by atoms with Gasteiger partial charge in [-0.05, 0) is 55.2 Å². The molecule has 1 radical (unpaired) electrons. The topological polar surface area (TPSA) is 0 Å². The van der Waals surface area contributed by atoms with Crippen molar-refractivity contribution in [1.82, 2.24) is 0 Å². The Labute approximate surface area is 122 Å². The van der Waals surface area contributed by atoms with Crippen LogP contribution in [-0.4, -0.2) is 0 Å². The van der Waals surface area contributed by atoms with Crippen molar-refractivity contribution in [2.24, 2.45) is 5.92 Å². The maximum absolute atomic E-state index is 2.37. The monoisotopic (exact) mass is 263 g/mol. The van der Waals surface area contributed by atoms with Crippen LogP contribution >= 0.6 is 0 Å². The van der Waals surface area contributed by atoms with Gasteiger partial charge >= 0.3 is 0 Å². The van der Waals surface area contributed by atoms with Crippen LogP contribution < -0.4 is 0 Å². The molecule has 0 spiro atoms. The highest BCUT2D eigenvalue weighted by Crippen LogP contribution is 2.35. The molecule has 0 bridgehead atoms. The van der Waals surface area contributed by atoms with Gasteiger partial charge in [-0.15, -0.1) is 0 Å². The minimum absolute atomic E-state index is 0.908. The van der Waals surface area contributed by atoms with Crippen LogP contribution in [0.15, 0.2) is 48.5 Å². The first-order valence-electron chi connectivity index (χ1n) is 7.74. The molecule has 3 rings (SSSR count). The van der Waals surface area contributed by atoms with Crippen LogP contribution in [0.4, 0.5) is 0 Å². The quantitative estimate of drug-likeness (QED) is 0.643. The molecule has 1 fully saturated rings. The molecule has 0 atom stereocenters. The number of hydrogen-bond donors (Lipinski definition) is 0. The van der Waals surface area contributed by atoms with Crippen LogP contribution in [0.3, 0.4) is 0 Å². The number of aryl methyl sites for hydroxylation is 1. The summed E-state index contributed by atoms with van der Waals surface area (Å²) in [6.45, 7) is 4.50. The van der Waals surface area contributed by atoms with Gasteiger partial charge in [-0.1, -0.05) is 61.0 Å². The highest BCUT2D eigenvalue weighted by molar-refractivity contribution is 5.64. The van der Waals surface area contributed by atoms with Gasteiger partial charge in [0.2, 0.25) is 0 Å². The Morgan fingerprint density at radius 2 is 1.15 bits per heavy atom. The summed E-state index contributed by atoms with van der Waals surface area (Å²) < 4.78 is 0. The van der Waals surface area contributed by atoms with Crippen LogP contribution in [0.1, 0.15) is 43.7 Å². The molecule has 2 aromatic rings. The fourth-order valence-electron chi connectivity index (χ4n) is 3.04. The van der Waals surface area contributed by atoms with Crippen LogP contribution in [0.25, 0.3) is 11.1 Å². The lowest BCUT2D eigenvalue weighted by Gasteiger charge is -2.26. The summed E-state index contributed by atoms with van der Waals surface area (Å²) in [6, 6.07) is 17.9. The molecule has 1 aliphatic rings. The minimum atomic E-state index is 0.908. The van der Waals surface area contributed by atoms with E-state index in [1.165, 1.54) is 47.9 Å². The smallest absolute Gasteiger partial charge is 0.00500 e. The van der Waals surface area contributed by atoms with Gasteiger partial charge in [0.1, 0.15) is 0 Å². The van der Waals surface area contributed by atoms with Gasteiger partial charge in [-0.3, -0.25) is 0 Å². The van der Waals surface area contributed by atoms with Gasteiger partial charge < -0.3 is 0 Å². The normalized spacial score (nSPS) is 17.3. The van der Waals surface area contributed by atoms with Gasteiger partial charge in [-0.2, -0.15) is 0 Å². The molecule has 1 saturated carbocycles. The molecule has 0 amide bonds. The molecule has 0 aliphatic heterocycles. The van der Waals surface area contributed by atoms with Gasteiger partial charge in [0.15, 0.2) is 0 Å². The molecule has 1 aliphatic carbocycles.